The zero-order chi connectivity index (χ0) is 35.0. The number of methoxy groups -OCH3 is 2. The molecule has 6 atom stereocenters. The first kappa shape index (κ1) is 35.3. The van der Waals surface area contributed by atoms with Gasteiger partial charge in [-0.25, -0.2) is 9.00 Å². The number of carbonyl (C=O) groups excluding carboxylic acids is 2. The van der Waals surface area contributed by atoms with Crippen molar-refractivity contribution in [2.24, 2.45) is 28.0 Å². The fourth-order valence-electron chi connectivity index (χ4n) is 8.65. The standard InChI is InChI=1S/C38H49ClN4O6S/c1-25-6-4-8-34(48-3)31-12-9-29(31)20-43-23-38(15-5-7-27-16-30(39)11-13-32(27)38)24-49-35-14-10-28(17-33(35)43)36(44)40-50(46,22-25)41-37(45)42-18-26(19-42)21-47-2/h4,8,10-11,13-14,16-17,25-26,29,31,34H,5-7,9,12,15,18-24H2,1-3H3,(H,40,41,44,45,46)/b8-4-/t25-,29-,31+,34-,38-,50?/m0/s1. The average molecular weight is 725 g/mol. The molecule has 12 heteroatoms. The smallest absolute Gasteiger partial charge is 0.329 e. The molecule has 2 bridgehead atoms. The quantitative estimate of drug-likeness (QED) is 0.371. The third-order valence-electron chi connectivity index (χ3n) is 11.4. The predicted octanol–water partition coefficient (Wildman–Crippen LogP) is 6.26. The molecule has 10 nitrogen and oxygen atoms in total. The van der Waals surface area contributed by atoms with Crippen LogP contribution < -0.4 is 14.4 Å². The Kier molecular flexibility index (Phi) is 10.2. The van der Waals surface area contributed by atoms with Gasteiger partial charge >= 0.3 is 6.03 Å². The molecule has 2 fully saturated rings. The molecule has 270 valence electrons. The van der Waals surface area contributed by atoms with E-state index >= 15 is 0 Å². The maximum absolute atomic E-state index is 14.5. The molecule has 7 rings (SSSR count). The number of hydrogen-bond donors (Lipinski definition) is 1. The Morgan fingerprint density at radius 1 is 1.16 bits per heavy atom. The fraction of sp³-hybridized carbons (Fsp3) is 0.579. The van der Waals surface area contributed by atoms with Crippen molar-refractivity contribution in [2.45, 2.75) is 57.0 Å². The van der Waals surface area contributed by atoms with E-state index in [0.29, 0.717) is 55.9 Å². The van der Waals surface area contributed by atoms with Crippen LogP contribution in [0.1, 0.15) is 60.5 Å². The average Bonchev–Trinajstić information content (AvgIpc) is 3.19. The van der Waals surface area contributed by atoms with Crippen molar-refractivity contribution in [2.75, 3.05) is 64.3 Å². The molecular formula is C38H49ClN4O6S. The molecule has 1 N–H and O–H groups in total. The van der Waals surface area contributed by atoms with Crippen LogP contribution in [0.2, 0.25) is 5.02 Å². The number of urea groups is 1. The fourth-order valence-corrected chi connectivity index (χ4v) is 10.7. The van der Waals surface area contributed by atoms with Crippen LogP contribution in [0.5, 0.6) is 5.75 Å². The van der Waals surface area contributed by atoms with Crippen LogP contribution in [-0.2, 0) is 31.2 Å². The minimum Gasteiger partial charge on any atom is -0.490 e. The van der Waals surface area contributed by atoms with Crippen LogP contribution in [0.25, 0.3) is 0 Å². The zero-order valence-corrected chi connectivity index (χ0v) is 30.8. The molecule has 1 saturated heterocycles. The third kappa shape index (κ3) is 7.16. The number of nitrogens with zero attached hydrogens (tertiary/aromatic N) is 3. The lowest BCUT2D eigenvalue weighted by Crippen LogP contribution is -2.56. The van der Waals surface area contributed by atoms with Crippen molar-refractivity contribution in [3.63, 3.8) is 0 Å². The Labute approximate surface area is 301 Å². The van der Waals surface area contributed by atoms with Gasteiger partial charge in [0.1, 0.15) is 15.7 Å². The molecule has 1 saturated carbocycles. The first-order valence-electron chi connectivity index (χ1n) is 17.9. The van der Waals surface area contributed by atoms with Crippen LogP contribution in [0.4, 0.5) is 10.5 Å². The second-order valence-corrected chi connectivity index (χ2v) is 17.5. The Morgan fingerprint density at radius 2 is 2.00 bits per heavy atom. The van der Waals surface area contributed by atoms with E-state index in [1.165, 1.54) is 11.1 Å². The molecule has 0 radical (unpaired) electrons. The highest BCUT2D eigenvalue weighted by Gasteiger charge is 2.44. The highest BCUT2D eigenvalue weighted by Crippen LogP contribution is 2.47. The minimum absolute atomic E-state index is 0.0417. The lowest BCUT2D eigenvalue weighted by atomic mass is 9.68. The highest BCUT2D eigenvalue weighted by atomic mass is 35.5. The number of aryl methyl sites for hydroxylation is 1. The summed E-state index contributed by atoms with van der Waals surface area (Å²) in [6.45, 7) is 5.55. The maximum atomic E-state index is 14.5. The van der Waals surface area contributed by atoms with Crippen molar-refractivity contribution < 1.29 is 28.0 Å². The summed E-state index contributed by atoms with van der Waals surface area (Å²) in [5.74, 6) is 1.00. The minimum atomic E-state index is -3.46. The Hall–Kier alpha value is -3.12. The molecule has 2 aromatic carbocycles. The Balaban J connectivity index is 1.26. The van der Waals surface area contributed by atoms with Crippen LogP contribution in [0, 0.1) is 23.7 Å². The number of nitrogens with one attached hydrogen (secondary N) is 1. The number of hydrogen-bond acceptors (Lipinski definition) is 7. The summed E-state index contributed by atoms with van der Waals surface area (Å²) in [4.78, 5) is 31.2. The van der Waals surface area contributed by atoms with E-state index in [9.17, 15) is 13.8 Å². The second-order valence-electron chi connectivity index (χ2n) is 15.1. The van der Waals surface area contributed by atoms with Crippen LogP contribution in [0.3, 0.4) is 0 Å². The van der Waals surface area contributed by atoms with E-state index in [0.717, 1.165) is 55.9 Å². The molecular weight excluding hydrogens is 676 g/mol. The van der Waals surface area contributed by atoms with Crippen LogP contribution in [0.15, 0.2) is 52.9 Å². The van der Waals surface area contributed by atoms with Gasteiger partial charge in [-0.2, -0.15) is 0 Å². The summed E-state index contributed by atoms with van der Waals surface area (Å²) in [5.41, 5.74) is 3.45. The normalized spacial score (nSPS) is 32.0. The van der Waals surface area contributed by atoms with Gasteiger partial charge in [0.05, 0.1) is 30.8 Å². The third-order valence-corrected chi connectivity index (χ3v) is 13.6. The number of carbonyl (C=O) groups is 2. The van der Waals surface area contributed by atoms with Gasteiger partial charge in [0.15, 0.2) is 0 Å². The first-order chi connectivity index (χ1) is 24.1. The number of ether oxygens (including phenoxy) is 3. The topological polar surface area (TPSA) is 110 Å². The summed E-state index contributed by atoms with van der Waals surface area (Å²) in [5, 5.41) is 0.744. The molecule has 3 heterocycles. The van der Waals surface area contributed by atoms with E-state index < -0.39 is 21.9 Å². The molecule has 2 aliphatic carbocycles. The monoisotopic (exact) mass is 724 g/mol. The summed E-state index contributed by atoms with van der Waals surface area (Å²) in [6, 6.07) is 11.1. The lowest BCUT2D eigenvalue weighted by molar-refractivity contribution is 0.0131. The van der Waals surface area contributed by atoms with Crippen LogP contribution >= 0.6 is 11.6 Å². The van der Waals surface area contributed by atoms with Crippen molar-refractivity contribution >= 4 is 39.1 Å². The van der Waals surface area contributed by atoms with E-state index in [1.807, 2.05) is 25.1 Å². The SMILES string of the molecule is COCC1CN(C(=O)NS2(=O)=NC(=O)c3ccc4c(c3)N(C[C@@H]3CC[C@H]3[C@@H](OC)/C=C\C[C@H](C)C2)C[C@@]2(CCCc3cc(Cl)ccc32)CO4)C1. The van der Waals surface area contributed by atoms with E-state index in [1.54, 1.807) is 25.2 Å². The number of allylic oxidation sites excluding steroid dienone is 1. The number of anilines is 1. The molecule has 3 aliphatic heterocycles. The summed E-state index contributed by atoms with van der Waals surface area (Å²) in [7, 11) is -0.0567. The van der Waals surface area contributed by atoms with E-state index in [4.69, 9.17) is 25.8 Å². The second kappa shape index (κ2) is 14.5. The lowest BCUT2D eigenvalue weighted by Gasteiger charge is -2.46. The van der Waals surface area contributed by atoms with Crippen LogP contribution in [-0.4, -0.2) is 86.5 Å². The van der Waals surface area contributed by atoms with Gasteiger partial charge in [0, 0.05) is 62.3 Å². The molecule has 50 heavy (non-hydrogen) atoms. The summed E-state index contributed by atoms with van der Waals surface area (Å²) in [6.07, 6.45) is 9.97. The van der Waals surface area contributed by atoms with Gasteiger partial charge in [-0.05, 0) is 97.7 Å². The largest absolute Gasteiger partial charge is 0.490 e. The van der Waals surface area contributed by atoms with Gasteiger partial charge in [0.2, 0.25) is 0 Å². The van der Waals surface area contributed by atoms with Crippen molar-refractivity contribution in [1.29, 1.82) is 0 Å². The van der Waals surface area contributed by atoms with Gasteiger partial charge in [-0.1, -0.05) is 36.7 Å². The van der Waals surface area contributed by atoms with Crippen molar-refractivity contribution in [3.8, 4) is 5.75 Å². The molecule has 1 spiro atoms. The molecule has 0 aromatic heterocycles. The van der Waals surface area contributed by atoms with Gasteiger partial charge in [-0.15, -0.1) is 4.36 Å². The number of rotatable bonds is 4. The Bertz CT molecular complexity index is 1770. The molecule has 2 aromatic rings. The molecule has 5 aliphatic rings. The highest BCUT2D eigenvalue weighted by molar-refractivity contribution is 7.92. The number of benzene rings is 2. The predicted molar refractivity (Wildman–Crippen MR) is 195 cm³/mol. The molecule has 3 amide bonds. The first-order valence-corrected chi connectivity index (χ1v) is 20.0. The zero-order valence-electron chi connectivity index (χ0n) is 29.3. The Morgan fingerprint density at radius 3 is 2.76 bits per heavy atom. The van der Waals surface area contributed by atoms with Crippen molar-refractivity contribution in [3.05, 3.63) is 70.3 Å². The van der Waals surface area contributed by atoms with Crippen molar-refractivity contribution in [1.82, 2.24) is 9.62 Å². The van der Waals surface area contributed by atoms with E-state index in [-0.39, 0.29) is 29.1 Å². The summed E-state index contributed by atoms with van der Waals surface area (Å²) >= 11 is 6.45. The maximum Gasteiger partial charge on any atom is 0.329 e. The number of amides is 3. The van der Waals surface area contributed by atoms with E-state index in [2.05, 4.69) is 38.3 Å². The van der Waals surface area contributed by atoms with Gasteiger partial charge < -0.3 is 24.0 Å². The van der Waals surface area contributed by atoms with Gasteiger partial charge in [-0.3, -0.25) is 9.52 Å². The number of likely N-dealkylation sites (tertiary alicyclic amines) is 1. The van der Waals surface area contributed by atoms with Gasteiger partial charge in [0.25, 0.3) is 5.91 Å². The summed E-state index contributed by atoms with van der Waals surface area (Å²) < 4.78 is 39.3. The number of halogens is 1. The molecule has 1 unspecified atom stereocenters. The number of fused-ring (bicyclic) bond motifs is 4.